The highest BCUT2D eigenvalue weighted by atomic mass is 32.2. The van der Waals surface area contributed by atoms with Crippen LogP contribution in [0.15, 0.2) is 141 Å². The first kappa shape index (κ1) is 27.0. The Morgan fingerprint density at radius 1 is 0.674 bits per heavy atom. The van der Waals surface area contributed by atoms with Crippen LogP contribution in [-0.4, -0.2) is 6.54 Å². The summed E-state index contributed by atoms with van der Waals surface area (Å²) < 4.78 is 3.99. The van der Waals surface area contributed by atoms with Crippen molar-refractivity contribution in [2.45, 2.75) is 50.0 Å². The summed E-state index contributed by atoms with van der Waals surface area (Å²) in [5, 5.41) is 2.97. The summed E-state index contributed by atoms with van der Waals surface area (Å²) in [7, 11) is 0. The maximum atomic E-state index is 2.61. The third-order valence-electron chi connectivity index (χ3n) is 10.8. The number of aromatic nitrogens is 1. The zero-order valence-electron chi connectivity index (χ0n) is 25.8. The van der Waals surface area contributed by atoms with Gasteiger partial charge < -0.3 is 4.90 Å². The molecular formula is C42H35N2S2+. The van der Waals surface area contributed by atoms with Gasteiger partial charge in [0.25, 0.3) is 5.01 Å². The first-order valence-corrected chi connectivity index (χ1v) is 18.4. The molecule has 4 aromatic carbocycles. The summed E-state index contributed by atoms with van der Waals surface area (Å²) in [6, 6.07) is 35.7. The van der Waals surface area contributed by atoms with Crippen molar-refractivity contribution in [3.8, 4) is 22.3 Å². The van der Waals surface area contributed by atoms with Crippen molar-refractivity contribution in [1.29, 1.82) is 0 Å². The van der Waals surface area contributed by atoms with E-state index in [4.69, 9.17) is 0 Å². The number of hydrogen-bond donors (Lipinski definition) is 0. The fraction of sp³-hybridized carbons (Fsp3) is 0.214. The Morgan fingerprint density at radius 3 is 2.26 bits per heavy atom. The average Bonchev–Trinajstić information content (AvgIpc) is 3.88. The van der Waals surface area contributed by atoms with Crippen LogP contribution in [0.4, 0.5) is 5.69 Å². The van der Waals surface area contributed by atoms with E-state index in [9.17, 15) is 0 Å². The minimum absolute atomic E-state index is 0.711. The maximum Gasteiger partial charge on any atom is 0.266 e. The molecule has 1 unspecified atom stereocenters. The van der Waals surface area contributed by atoms with Crippen LogP contribution >= 0.6 is 23.1 Å². The lowest BCUT2D eigenvalue weighted by Gasteiger charge is -2.30. The van der Waals surface area contributed by atoms with E-state index in [0.717, 1.165) is 25.9 Å². The van der Waals surface area contributed by atoms with Gasteiger partial charge in [-0.05, 0) is 107 Å². The summed E-state index contributed by atoms with van der Waals surface area (Å²) in [6.07, 6.45) is 12.5. The first-order chi connectivity index (χ1) is 22.8. The Kier molecular flexibility index (Phi) is 6.30. The smallest absolute Gasteiger partial charge is 0.266 e. The normalized spacial score (nSPS) is 21.7. The van der Waals surface area contributed by atoms with E-state index >= 15 is 0 Å². The molecule has 0 saturated carbocycles. The molecule has 0 N–H and O–H groups in total. The molecule has 0 spiro atoms. The number of hydrogen-bond acceptors (Lipinski definition) is 3. The minimum atomic E-state index is 0.711. The highest BCUT2D eigenvalue weighted by Gasteiger charge is 2.37. The SMILES string of the molecule is C1=C(C2=C3Sc4cc(-c5ccccc5)ccc4N3CC2)CCC2CCC(=C3CC[n+]4c3sc3cc(-c5ccccc5)ccc34)C=C12. The highest BCUT2D eigenvalue weighted by molar-refractivity contribution is 8.03. The molecule has 5 aliphatic rings. The van der Waals surface area contributed by atoms with Crippen LogP contribution < -0.4 is 9.47 Å². The highest BCUT2D eigenvalue weighted by Crippen LogP contribution is 2.54. The van der Waals surface area contributed by atoms with E-state index in [1.54, 1.807) is 27.9 Å². The number of rotatable bonds is 3. The van der Waals surface area contributed by atoms with Gasteiger partial charge in [0, 0.05) is 29.5 Å². The molecule has 5 aromatic rings. The van der Waals surface area contributed by atoms with Crippen LogP contribution in [0, 0.1) is 5.92 Å². The molecule has 10 rings (SSSR count). The Bertz CT molecular complexity index is 2180. The summed E-state index contributed by atoms with van der Waals surface area (Å²) in [5.41, 5.74) is 15.9. The summed E-state index contributed by atoms with van der Waals surface area (Å²) in [6.45, 7) is 2.20. The summed E-state index contributed by atoms with van der Waals surface area (Å²) in [4.78, 5) is 3.99. The molecule has 0 bridgehead atoms. The Hall–Kier alpha value is -4.12. The molecule has 4 heteroatoms. The van der Waals surface area contributed by atoms with Gasteiger partial charge in [-0.3, -0.25) is 0 Å². The number of aryl methyl sites for hydroxylation is 1. The molecule has 224 valence electrons. The van der Waals surface area contributed by atoms with Gasteiger partial charge in [-0.1, -0.05) is 102 Å². The molecular weight excluding hydrogens is 597 g/mol. The average molecular weight is 632 g/mol. The van der Waals surface area contributed by atoms with Crippen LogP contribution in [-0.2, 0) is 6.54 Å². The topological polar surface area (TPSA) is 7.12 Å². The van der Waals surface area contributed by atoms with Crippen molar-refractivity contribution in [3.05, 3.63) is 142 Å². The lowest BCUT2D eigenvalue weighted by molar-refractivity contribution is -0.659. The van der Waals surface area contributed by atoms with Crippen molar-refractivity contribution in [2.75, 3.05) is 11.4 Å². The van der Waals surface area contributed by atoms with Crippen molar-refractivity contribution >= 4 is 44.6 Å². The van der Waals surface area contributed by atoms with E-state index in [2.05, 4.69) is 119 Å². The summed E-state index contributed by atoms with van der Waals surface area (Å²) in [5.74, 6) is 0.711. The fourth-order valence-corrected chi connectivity index (χ4v) is 11.0. The second-order valence-corrected chi connectivity index (χ2v) is 15.3. The largest absolute Gasteiger partial charge is 0.334 e. The van der Waals surface area contributed by atoms with Gasteiger partial charge in [-0.15, -0.1) is 0 Å². The van der Waals surface area contributed by atoms with Gasteiger partial charge in [-0.25, -0.2) is 0 Å². The van der Waals surface area contributed by atoms with Crippen LogP contribution in [0.2, 0.25) is 0 Å². The third kappa shape index (κ3) is 4.34. The van der Waals surface area contributed by atoms with Crippen LogP contribution in [0.5, 0.6) is 0 Å². The second kappa shape index (κ2) is 10.7. The molecule has 0 saturated heterocycles. The quantitative estimate of drug-likeness (QED) is 0.183. The lowest BCUT2D eigenvalue weighted by atomic mass is 9.75. The number of fused-ring (bicyclic) bond motifs is 7. The molecule has 2 aliphatic carbocycles. The predicted molar refractivity (Wildman–Crippen MR) is 194 cm³/mol. The molecule has 1 atom stereocenters. The van der Waals surface area contributed by atoms with Crippen molar-refractivity contribution in [3.63, 3.8) is 0 Å². The van der Waals surface area contributed by atoms with E-state index in [0.29, 0.717) is 5.92 Å². The van der Waals surface area contributed by atoms with Crippen molar-refractivity contribution in [2.24, 2.45) is 5.92 Å². The zero-order valence-corrected chi connectivity index (χ0v) is 27.5. The fourth-order valence-electron chi connectivity index (χ4n) is 8.38. The van der Waals surface area contributed by atoms with Crippen LogP contribution in [0.3, 0.4) is 0 Å². The molecule has 3 aliphatic heterocycles. The molecule has 0 amide bonds. The lowest BCUT2D eigenvalue weighted by Crippen LogP contribution is -2.30. The number of thioether (sulfide) groups is 1. The Balaban J connectivity index is 0.977. The molecule has 4 heterocycles. The van der Waals surface area contributed by atoms with Gasteiger partial charge in [0.2, 0.25) is 5.52 Å². The molecule has 1 aromatic heterocycles. The van der Waals surface area contributed by atoms with Crippen molar-refractivity contribution < 1.29 is 4.57 Å². The number of anilines is 1. The standard InChI is InChI=1S/C42H35N2S2/c1-3-7-27(8-4-1)30-15-17-37-39(25-30)45-41-35(19-21-43(37)41)32-13-11-29-12-14-33(24-34(29)23-32)36-20-22-44-38-18-16-31(26-40(38)46-42(36)44)28-9-5-2-6-10-28/h1-10,15-18,23-26,29H,11-14,19-22H2/q+1. The van der Waals surface area contributed by atoms with Gasteiger partial charge >= 0.3 is 0 Å². The molecule has 46 heavy (non-hydrogen) atoms. The first-order valence-electron chi connectivity index (χ1n) is 16.8. The van der Waals surface area contributed by atoms with Gasteiger partial charge in [0.1, 0.15) is 4.70 Å². The van der Waals surface area contributed by atoms with Crippen LogP contribution in [0.1, 0.15) is 43.5 Å². The minimum Gasteiger partial charge on any atom is -0.334 e. The predicted octanol–water partition coefficient (Wildman–Crippen LogP) is 11.0. The monoisotopic (exact) mass is 631 g/mol. The third-order valence-corrected chi connectivity index (χ3v) is 13.2. The van der Waals surface area contributed by atoms with E-state index < -0.39 is 0 Å². The van der Waals surface area contributed by atoms with E-state index in [1.807, 2.05) is 23.1 Å². The Morgan fingerprint density at radius 2 is 1.43 bits per heavy atom. The van der Waals surface area contributed by atoms with Crippen molar-refractivity contribution in [1.82, 2.24) is 0 Å². The van der Waals surface area contributed by atoms with Gasteiger partial charge in [0.15, 0.2) is 6.54 Å². The number of nitrogens with zero attached hydrogens (tertiary/aromatic N) is 2. The maximum absolute atomic E-state index is 2.61. The second-order valence-electron chi connectivity index (χ2n) is 13.3. The van der Waals surface area contributed by atoms with Gasteiger partial charge in [0.05, 0.1) is 10.7 Å². The Labute approximate surface area is 279 Å². The van der Waals surface area contributed by atoms with E-state index in [1.165, 1.54) is 78.8 Å². The van der Waals surface area contributed by atoms with Gasteiger partial charge in [-0.2, -0.15) is 4.57 Å². The number of benzene rings is 4. The number of thiazole rings is 1. The number of allylic oxidation sites excluding steroid dienone is 6. The molecule has 0 radical (unpaired) electrons. The van der Waals surface area contributed by atoms with Crippen LogP contribution in [0.25, 0.3) is 38.0 Å². The zero-order chi connectivity index (χ0) is 30.2. The summed E-state index contributed by atoms with van der Waals surface area (Å²) >= 11 is 3.99. The van der Waals surface area contributed by atoms with E-state index in [-0.39, 0.29) is 0 Å². The molecule has 2 nitrogen and oxygen atoms in total. The molecule has 0 fully saturated rings.